The van der Waals surface area contributed by atoms with Crippen molar-refractivity contribution in [3.63, 3.8) is 0 Å². The molecule has 0 bridgehead atoms. The Labute approximate surface area is 136 Å². The molecule has 0 radical (unpaired) electrons. The molecular weight excluding hydrogens is 288 g/mol. The van der Waals surface area contributed by atoms with Crippen LogP contribution >= 0.6 is 0 Å². The molecular formula is C19H18N2O2. The van der Waals surface area contributed by atoms with Crippen LogP contribution in [0, 0.1) is 29.0 Å². The monoisotopic (exact) mass is 306 g/mol. The zero-order valence-electron chi connectivity index (χ0n) is 13.2. The molecule has 0 spiro atoms. The summed E-state index contributed by atoms with van der Waals surface area (Å²) in [6, 6.07) is 15.2. The average molecular weight is 306 g/mol. The Hall–Kier alpha value is -2.98. The highest BCUT2D eigenvalue weighted by atomic mass is 16.5. The van der Waals surface area contributed by atoms with Gasteiger partial charge in [0.25, 0.3) is 12.5 Å². The van der Waals surface area contributed by atoms with Crippen LogP contribution in [0.4, 0.5) is 0 Å². The van der Waals surface area contributed by atoms with Crippen LogP contribution in [0.25, 0.3) is 0 Å². The third kappa shape index (κ3) is 4.49. The number of hydrogen-bond donors (Lipinski definition) is 0. The van der Waals surface area contributed by atoms with E-state index in [1.54, 1.807) is 36.8 Å². The number of nitriles is 2. The molecule has 2 aromatic rings. The van der Waals surface area contributed by atoms with Gasteiger partial charge in [-0.2, -0.15) is 0 Å². The number of ether oxygens (including phenoxy) is 2. The smallest absolute Gasteiger partial charge is 0.292 e. The van der Waals surface area contributed by atoms with Gasteiger partial charge in [0.05, 0.1) is 0 Å². The van der Waals surface area contributed by atoms with Gasteiger partial charge in [0.2, 0.25) is 0 Å². The van der Waals surface area contributed by atoms with Crippen LogP contribution in [-0.2, 0) is 0 Å². The van der Waals surface area contributed by atoms with E-state index < -0.39 is 0 Å². The Morgan fingerprint density at radius 1 is 0.783 bits per heavy atom. The van der Waals surface area contributed by atoms with Crippen LogP contribution in [0.2, 0.25) is 0 Å². The lowest BCUT2D eigenvalue weighted by Gasteiger charge is -2.20. The first-order chi connectivity index (χ1) is 11.1. The third-order valence-electron chi connectivity index (χ3n) is 3.60. The van der Waals surface area contributed by atoms with E-state index in [1.165, 1.54) is 0 Å². The van der Waals surface area contributed by atoms with Crippen LogP contribution in [0.3, 0.4) is 0 Å². The summed E-state index contributed by atoms with van der Waals surface area (Å²) in [6.07, 6.45) is 4.35. The quantitative estimate of drug-likeness (QED) is 0.732. The van der Waals surface area contributed by atoms with E-state index in [9.17, 15) is 0 Å². The minimum Gasteiger partial charge on any atom is -0.388 e. The lowest BCUT2D eigenvalue weighted by atomic mass is 9.84. The van der Waals surface area contributed by atoms with Gasteiger partial charge in [0.1, 0.15) is 11.5 Å². The summed E-state index contributed by atoms with van der Waals surface area (Å²) in [5.41, 5.74) is 2.33. The molecule has 0 saturated heterocycles. The number of benzene rings is 2. The molecule has 0 atom stereocenters. The molecule has 0 amide bonds. The van der Waals surface area contributed by atoms with E-state index >= 15 is 0 Å². The molecule has 2 rings (SSSR count). The topological polar surface area (TPSA) is 66.0 Å². The highest BCUT2D eigenvalue weighted by molar-refractivity contribution is 5.38. The fraction of sp³-hybridized carbons (Fsp3) is 0.263. The molecule has 0 unspecified atom stereocenters. The molecule has 4 nitrogen and oxygen atoms in total. The van der Waals surface area contributed by atoms with Crippen molar-refractivity contribution in [2.24, 2.45) is 5.92 Å². The SMILES string of the molecule is CC(C)CC(c1ccc(OC#N)cc1)c1ccc(OC#N)cc1. The van der Waals surface area contributed by atoms with E-state index in [1.807, 2.05) is 24.3 Å². The standard InChI is InChI=1S/C19H18N2O2/c1-14(2)11-19(15-3-7-17(8-4-15)22-12-20)16-5-9-18(10-6-16)23-13-21/h3-10,14,19H,11H2,1-2H3. The molecule has 0 aromatic heterocycles. The summed E-state index contributed by atoms with van der Waals surface area (Å²) in [5, 5.41) is 17.1. The summed E-state index contributed by atoms with van der Waals surface area (Å²) in [6.45, 7) is 4.38. The second-order valence-corrected chi connectivity index (χ2v) is 5.71. The van der Waals surface area contributed by atoms with E-state index in [0.29, 0.717) is 17.4 Å². The summed E-state index contributed by atoms with van der Waals surface area (Å²) < 4.78 is 9.66. The van der Waals surface area contributed by atoms with Crippen LogP contribution in [0.15, 0.2) is 48.5 Å². The fourth-order valence-electron chi connectivity index (χ4n) is 2.58. The van der Waals surface area contributed by atoms with Crippen molar-refractivity contribution in [3.8, 4) is 24.0 Å². The van der Waals surface area contributed by atoms with E-state index in [2.05, 4.69) is 13.8 Å². The second-order valence-electron chi connectivity index (χ2n) is 5.71. The Bertz CT molecular complexity index is 648. The summed E-state index contributed by atoms with van der Waals surface area (Å²) in [4.78, 5) is 0. The highest BCUT2D eigenvalue weighted by Crippen LogP contribution is 2.32. The number of nitrogens with zero attached hydrogens (tertiary/aromatic N) is 2. The largest absolute Gasteiger partial charge is 0.388 e. The van der Waals surface area contributed by atoms with E-state index in [-0.39, 0.29) is 5.92 Å². The van der Waals surface area contributed by atoms with Gasteiger partial charge in [0, 0.05) is 5.92 Å². The predicted octanol–water partition coefficient (Wildman–Crippen LogP) is 4.58. The minimum absolute atomic E-state index is 0.238. The van der Waals surface area contributed by atoms with Crippen molar-refractivity contribution in [1.29, 1.82) is 10.5 Å². The molecule has 0 aliphatic carbocycles. The van der Waals surface area contributed by atoms with Gasteiger partial charge in [-0.15, -0.1) is 10.5 Å². The highest BCUT2D eigenvalue weighted by Gasteiger charge is 2.16. The van der Waals surface area contributed by atoms with Crippen LogP contribution in [0.1, 0.15) is 37.3 Å². The maximum absolute atomic E-state index is 8.56. The zero-order valence-corrected chi connectivity index (χ0v) is 13.2. The van der Waals surface area contributed by atoms with Crippen molar-refractivity contribution in [1.82, 2.24) is 0 Å². The van der Waals surface area contributed by atoms with Gasteiger partial charge in [-0.1, -0.05) is 38.1 Å². The molecule has 4 heteroatoms. The Morgan fingerprint density at radius 2 is 1.17 bits per heavy atom. The minimum atomic E-state index is 0.238. The predicted molar refractivity (Wildman–Crippen MR) is 86.7 cm³/mol. The molecule has 2 aromatic carbocycles. The van der Waals surface area contributed by atoms with Gasteiger partial charge in [-0.3, -0.25) is 0 Å². The Morgan fingerprint density at radius 3 is 1.48 bits per heavy atom. The first-order valence-corrected chi connectivity index (χ1v) is 7.45. The van der Waals surface area contributed by atoms with Gasteiger partial charge < -0.3 is 9.47 Å². The molecule has 0 heterocycles. The van der Waals surface area contributed by atoms with Gasteiger partial charge in [0.15, 0.2) is 0 Å². The first-order valence-electron chi connectivity index (χ1n) is 7.45. The molecule has 0 fully saturated rings. The zero-order chi connectivity index (χ0) is 16.7. The Kier molecular flexibility index (Phi) is 5.61. The van der Waals surface area contributed by atoms with E-state index in [0.717, 1.165) is 17.5 Å². The van der Waals surface area contributed by atoms with Crippen LogP contribution < -0.4 is 9.47 Å². The molecule has 116 valence electrons. The number of rotatable bonds is 6. The Balaban J connectivity index is 2.29. The summed E-state index contributed by atoms with van der Waals surface area (Å²) in [5.74, 6) is 1.85. The lowest BCUT2D eigenvalue weighted by molar-refractivity contribution is 0.504. The van der Waals surface area contributed by atoms with Gasteiger partial charge in [-0.25, -0.2) is 0 Å². The van der Waals surface area contributed by atoms with Crippen molar-refractivity contribution >= 4 is 0 Å². The van der Waals surface area contributed by atoms with Crippen molar-refractivity contribution < 1.29 is 9.47 Å². The van der Waals surface area contributed by atoms with Crippen molar-refractivity contribution in [2.75, 3.05) is 0 Å². The lowest BCUT2D eigenvalue weighted by Crippen LogP contribution is -2.05. The van der Waals surface area contributed by atoms with E-state index in [4.69, 9.17) is 20.0 Å². The summed E-state index contributed by atoms with van der Waals surface area (Å²) in [7, 11) is 0. The maximum Gasteiger partial charge on any atom is 0.292 e. The molecule has 0 aliphatic heterocycles. The maximum atomic E-state index is 8.56. The van der Waals surface area contributed by atoms with Gasteiger partial charge in [-0.05, 0) is 47.7 Å². The fourth-order valence-corrected chi connectivity index (χ4v) is 2.58. The van der Waals surface area contributed by atoms with Crippen molar-refractivity contribution in [2.45, 2.75) is 26.2 Å². The van der Waals surface area contributed by atoms with Crippen LogP contribution in [0.5, 0.6) is 11.5 Å². The van der Waals surface area contributed by atoms with Crippen LogP contribution in [-0.4, -0.2) is 0 Å². The molecule has 23 heavy (non-hydrogen) atoms. The molecule has 0 saturated carbocycles. The van der Waals surface area contributed by atoms with Gasteiger partial charge >= 0.3 is 0 Å². The summed E-state index contributed by atoms with van der Waals surface area (Å²) >= 11 is 0. The van der Waals surface area contributed by atoms with Crippen molar-refractivity contribution in [3.05, 3.63) is 59.7 Å². The second kappa shape index (κ2) is 7.87. The normalized spacial score (nSPS) is 10.2. The first kappa shape index (κ1) is 16.4. The third-order valence-corrected chi connectivity index (χ3v) is 3.60. The average Bonchev–Trinajstić information content (AvgIpc) is 2.55. The number of hydrogen-bond acceptors (Lipinski definition) is 4. The molecule has 0 aliphatic rings. The molecule has 0 N–H and O–H groups in total.